The van der Waals surface area contributed by atoms with Crippen LogP contribution in [-0.4, -0.2) is 39.9 Å². The number of pyridine rings is 8. The molecule has 8 aromatic heterocycles. The van der Waals surface area contributed by atoms with Crippen molar-refractivity contribution in [2.75, 3.05) is 0 Å². The zero-order valence-electron chi connectivity index (χ0n) is 32.6. The van der Waals surface area contributed by atoms with Crippen LogP contribution in [-0.2, 0) is 5.41 Å². The van der Waals surface area contributed by atoms with E-state index in [4.69, 9.17) is 19.9 Å². The molecular weight excluding hydrogens is 749 g/mol. The number of aromatic nitrogens is 8. The van der Waals surface area contributed by atoms with Crippen molar-refractivity contribution < 1.29 is 0 Å². The van der Waals surface area contributed by atoms with Crippen molar-refractivity contribution in [3.8, 4) is 90.3 Å². The summed E-state index contributed by atoms with van der Waals surface area (Å²) in [6, 6.07) is 54.1. The van der Waals surface area contributed by atoms with E-state index < -0.39 is 5.41 Å². The van der Waals surface area contributed by atoms with E-state index in [1.54, 1.807) is 24.8 Å². The van der Waals surface area contributed by atoms with Gasteiger partial charge in [0.25, 0.3) is 0 Å². The molecule has 0 saturated heterocycles. The van der Waals surface area contributed by atoms with Crippen LogP contribution in [0.2, 0.25) is 0 Å². The second kappa shape index (κ2) is 13.9. The lowest BCUT2D eigenvalue weighted by atomic mass is 9.70. The Bertz CT molecular complexity index is 2960. The molecule has 0 aliphatic heterocycles. The standard InChI is InChI=1S/C53H32N8/c1-3-15-39-37(13-1)38-14-2-4-16-40(38)53(39)41-25-35(33-27-47(43-17-5-9-21-54-43)60-48(28-33)44-18-6-10-22-55-44)31-58-51(41)52-42(53)26-36(32-59-52)34-29-49(45-19-7-11-23-56-45)61-50(30-34)46-20-8-12-24-57-46/h1-32H. The molecule has 8 heteroatoms. The van der Waals surface area contributed by atoms with Gasteiger partial charge in [-0.15, -0.1) is 0 Å². The van der Waals surface area contributed by atoms with Crippen LogP contribution in [0, 0.1) is 0 Å². The van der Waals surface area contributed by atoms with Crippen LogP contribution >= 0.6 is 0 Å². The van der Waals surface area contributed by atoms with E-state index >= 15 is 0 Å². The smallest absolute Gasteiger partial charge is 0.0937 e. The summed E-state index contributed by atoms with van der Waals surface area (Å²) in [6.07, 6.45) is 11.1. The van der Waals surface area contributed by atoms with E-state index in [0.29, 0.717) is 0 Å². The summed E-state index contributed by atoms with van der Waals surface area (Å²) >= 11 is 0. The molecule has 8 nitrogen and oxygen atoms in total. The lowest BCUT2D eigenvalue weighted by molar-refractivity contribution is 0.790. The monoisotopic (exact) mass is 780 g/mol. The lowest BCUT2D eigenvalue weighted by Gasteiger charge is -2.30. The van der Waals surface area contributed by atoms with Gasteiger partial charge >= 0.3 is 0 Å². The predicted molar refractivity (Wildman–Crippen MR) is 238 cm³/mol. The summed E-state index contributed by atoms with van der Waals surface area (Å²) in [5, 5.41) is 0. The van der Waals surface area contributed by atoms with E-state index in [-0.39, 0.29) is 0 Å². The molecule has 0 atom stereocenters. The van der Waals surface area contributed by atoms with Crippen molar-refractivity contribution in [1.29, 1.82) is 0 Å². The summed E-state index contributed by atoms with van der Waals surface area (Å²) in [5.41, 5.74) is 18.0. The molecule has 0 unspecified atom stereocenters. The van der Waals surface area contributed by atoms with Crippen LogP contribution in [0.15, 0.2) is 195 Å². The topological polar surface area (TPSA) is 103 Å². The van der Waals surface area contributed by atoms with Gasteiger partial charge < -0.3 is 0 Å². The minimum absolute atomic E-state index is 0.703. The van der Waals surface area contributed by atoms with Gasteiger partial charge in [-0.2, -0.15) is 0 Å². The molecule has 2 aliphatic carbocycles. The first-order chi connectivity index (χ1) is 30.2. The highest BCUT2D eigenvalue weighted by Crippen LogP contribution is 2.62. The Morgan fingerprint density at radius 1 is 0.279 bits per heavy atom. The molecule has 10 aromatic rings. The molecule has 12 rings (SSSR count). The highest BCUT2D eigenvalue weighted by atomic mass is 14.8. The average Bonchev–Trinajstić information content (AvgIpc) is 3.81. The van der Waals surface area contributed by atoms with Crippen molar-refractivity contribution in [2.24, 2.45) is 0 Å². The quantitative estimate of drug-likeness (QED) is 0.164. The van der Waals surface area contributed by atoms with Crippen molar-refractivity contribution in [2.45, 2.75) is 5.41 Å². The molecular formula is C53H32N8. The Morgan fingerprint density at radius 3 is 0.967 bits per heavy atom. The number of hydrogen-bond donors (Lipinski definition) is 0. The number of benzene rings is 2. The van der Waals surface area contributed by atoms with Crippen LogP contribution in [0.1, 0.15) is 22.3 Å². The highest BCUT2D eigenvalue weighted by molar-refractivity contribution is 5.95. The second-order valence-electron chi connectivity index (χ2n) is 15.2. The van der Waals surface area contributed by atoms with Gasteiger partial charge in [0.15, 0.2) is 0 Å². The Kier molecular flexibility index (Phi) is 7.89. The molecule has 8 heterocycles. The Balaban J connectivity index is 1.10. The molecule has 284 valence electrons. The van der Waals surface area contributed by atoms with Crippen molar-refractivity contribution in [1.82, 2.24) is 39.9 Å². The van der Waals surface area contributed by atoms with Crippen LogP contribution in [0.4, 0.5) is 0 Å². The largest absolute Gasteiger partial charge is 0.255 e. The third-order valence-corrected chi connectivity index (χ3v) is 11.8. The summed E-state index contributed by atoms with van der Waals surface area (Å²) in [4.78, 5) is 39.4. The van der Waals surface area contributed by atoms with Gasteiger partial charge in [-0.05, 0) is 118 Å². The summed E-state index contributed by atoms with van der Waals surface area (Å²) in [7, 11) is 0. The van der Waals surface area contributed by atoms with Gasteiger partial charge in [-0.25, -0.2) is 9.97 Å². The van der Waals surface area contributed by atoms with E-state index in [1.807, 2.05) is 85.2 Å². The fourth-order valence-corrected chi connectivity index (χ4v) is 9.13. The van der Waals surface area contributed by atoms with Gasteiger partial charge in [0.05, 0.1) is 62.4 Å². The predicted octanol–water partition coefficient (Wildman–Crippen LogP) is 11.2. The lowest BCUT2D eigenvalue weighted by Crippen LogP contribution is -2.26. The zero-order chi connectivity index (χ0) is 40.3. The van der Waals surface area contributed by atoms with E-state index in [9.17, 15) is 0 Å². The van der Waals surface area contributed by atoms with Gasteiger partial charge in [-0.1, -0.05) is 72.8 Å². The molecule has 0 radical (unpaired) electrons. The zero-order valence-corrected chi connectivity index (χ0v) is 32.6. The Hall–Kier alpha value is -8.36. The first kappa shape index (κ1) is 34.7. The third-order valence-electron chi connectivity index (χ3n) is 11.8. The van der Waals surface area contributed by atoms with E-state index in [1.165, 1.54) is 22.3 Å². The molecule has 2 aromatic carbocycles. The first-order valence-corrected chi connectivity index (χ1v) is 20.1. The van der Waals surface area contributed by atoms with Crippen molar-refractivity contribution in [3.63, 3.8) is 0 Å². The van der Waals surface area contributed by atoms with Crippen LogP contribution < -0.4 is 0 Å². The SMILES string of the molecule is c1ccc(-c2cc(-c3cnc4c(c3)C3(c5ccccc5-c5ccccc53)c3cc(-c5cc(-c6ccccn6)nc(-c6ccccn6)c5)cnc3-4)cc(-c3ccccn3)n2)nc1. The fourth-order valence-electron chi connectivity index (χ4n) is 9.13. The molecule has 1 spiro atoms. The van der Waals surface area contributed by atoms with Crippen molar-refractivity contribution >= 4 is 0 Å². The number of rotatable bonds is 6. The van der Waals surface area contributed by atoms with E-state index in [2.05, 4.69) is 105 Å². The maximum absolute atomic E-state index is 5.32. The van der Waals surface area contributed by atoms with Gasteiger partial charge in [0.1, 0.15) is 0 Å². The second-order valence-corrected chi connectivity index (χ2v) is 15.2. The van der Waals surface area contributed by atoms with Crippen LogP contribution in [0.3, 0.4) is 0 Å². The average molecular weight is 781 g/mol. The summed E-state index contributed by atoms with van der Waals surface area (Å²) in [5.74, 6) is 0. The van der Waals surface area contributed by atoms with Crippen LogP contribution in [0.25, 0.3) is 90.3 Å². The molecule has 2 aliphatic rings. The van der Waals surface area contributed by atoms with Crippen LogP contribution in [0.5, 0.6) is 0 Å². The highest BCUT2D eigenvalue weighted by Gasteiger charge is 2.53. The molecule has 61 heavy (non-hydrogen) atoms. The third kappa shape index (κ3) is 5.53. The summed E-state index contributed by atoms with van der Waals surface area (Å²) in [6.45, 7) is 0. The minimum Gasteiger partial charge on any atom is -0.255 e. The number of hydrogen-bond acceptors (Lipinski definition) is 8. The maximum atomic E-state index is 5.32. The molecule has 0 saturated carbocycles. The molecule has 0 bridgehead atoms. The van der Waals surface area contributed by atoms with E-state index in [0.717, 1.165) is 90.3 Å². The summed E-state index contributed by atoms with van der Waals surface area (Å²) < 4.78 is 0. The van der Waals surface area contributed by atoms with Crippen molar-refractivity contribution in [3.05, 3.63) is 217 Å². The minimum atomic E-state index is -0.703. The molecule has 0 N–H and O–H groups in total. The van der Waals surface area contributed by atoms with Gasteiger partial charge in [0, 0.05) is 59.4 Å². The van der Waals surface area contributed by atoms with Gasteiger partial charge in [-0.3, -0.25) is 29.9 Å². The normalized spacial score (nSPS) is 12.7. The number of fused-ring (bicyclic) bond motifs is 10. The molecule has 0 fully saturated rings. The molecule has 0 amide bonds. The Labute approximate surface area is 351 Å². The Morgan fingerprint density at radius 2 is 0.623 bits per heavy atom. The maximum Gasteiger partial charge on any atom is 0.0937 e. The number of nitrogens with zero attached hydrogens (tertiary/aromatic N) is 8. The fraction of sp³-hybridized carbons (Fsp3) is 0.0189. The first-order valence-electron chi connectivity index (χ1n) is 20.1. The van der Waals surface area contributed by atoms with Gasteiger partial charge in [0.2, 0.25) is 0 Å².